The van der Waals surface area contributed by atoms with Gasteiger partial charge in [0, 0.05) is 12.2 Å². The molecule has 0 aliphatic carbocycles. The molecule has 6 heteroatoms. The minimum atomic E-state index is -0.419. The predicted molar refractivity (Wildman–Crippen MR) is 87.2 cm³/mol. The van der Waals surface area contributed by atoms with E-state index in [9.17, 15) is 4.39 Å². The van der Waals surface area contributed by atoms with Crippen molar-refractivity contribution in [2.75, 3.05) is 0 Å². The molecule has 1 atom stereocenters. The molecule has 2 heterocycles. The average Bonchev–Trinajstić information content (AvgIpc) is 3.01. The zero-order valence-corrected chi connectivity index (χ0v) is 13.5. The van der Waals surface area contributed by atoms with E-state index in [0.717, 1.165) is 11.3 Å². The minimum absolute atomic E-state index is 0.0563. The quantitative estimate of drug-likeness (QED) is 0.736. The summed E-state index contributed by atoms with van der Waals surface area (Å²) in [4.78, 5) is 8.07. The smallest absolute Gasteiger partial charge is 0.208 e. The number of aromatic nitrogens is 2. The molecule has 0 spiro atoms. The molecular weight excluding hydrogens is 309 g/mol. The van der Waals surface area contributed by atoms with Crippen LogP contribution in [0.1, 0.15) is 30.2 Å². The molecule has 3 rings (SSSR count). The van der Waals surface area contributed by atoms with Gasteiger partial charge in [-0.15, -0.1) is 0 Å². The normalized spacial score (nSPS) is 12.1. The number of halogens is 1. The summed E-state index contributed by atoms with van der Waals surface area (Å²) >= 11 is 0. The lowest BCUT2D eigenvalue weighted by Crippen LogP contribution is -2.18. The number of aryl methyl sites for hydroxylation is 1. The Hall–Kier alpha value is -2.73. The maximum absolute atomic E-state index is 14.3. The number of oxazole rings is 1. The lowest BCUT2D eigenvalue weighted by atomic mass is 10.1. The van der Waals surface area contributed by atoms with Gasteiger partial charge in [0.2, 0.25) is 5.89 Å². The summed E-state index contributed by atoms with van der Waals surface area (Å²) in [5.41, 5.74) is 0.814. The standard InChI is InChI=1S/C18H18FN3O2/c1-12-9-22-18(23-12)11-21-13(2)14-5-6-17(16(19)8-14)24-15-4-3-7-20-10-15/h3-10,13,21H,11H2,1-2H3/t13-/m0/s1. The maximum Gasteiger partial charge on any atom is 0.208 e. The summed E-state index contributed by atoms with van der Waals surface area (Å²) in [6.45, 7) is 4.27. The van der Waals surface area contributed by atoms with Crippen molar-refractivity contribution < 1.29 is 13.5 Å². The Balaban J connectivity index is 1.65. The van der Waals surface area contributed by atoms with Crippen molar-refractivity contribution in [1.29, 1.82) is 0 Å². The Labute approximate surface area is 139 Å². The van der Waals surface area contributed by atoms with E-state index in [2.05, 4.69) is 15.3 Å². The van der Waals surface area contributed by atoms with E-state index >= 15 is 0 Å². The Morgan fingerprint density at radius 2 is 2.17 bits per heavy atom. The summed E-state index contributed by atoms with van der Waals surface area (Å²) in [6.07, 6.45) is 4.84. The molecule has 0 unspecified atom stereocenters. The van der Waals surface area contributed by atoms with Gasteiger partial charge in [-0.05, 0) is 43.7 Å². The number of nitrogens with one attached hydrogen (secondary N) is 1. The monoisotopic (exact) mass is 327 g/mol. The van der Waals surface area contributed by atoms with Crippen molar-refractivity contribution in [2.45, 2.75) is 26.4 Å². The largest absolute Gasteiger partial charge is 0.453 e. The van der Waals surface area contributed by atoms with Crippen LogP contribution in [0.25, 0.3) is 0 Å². The van der Waals surface area contributed by atoms with E-state index in [-0.39, 0.29) is 11.8 Å². The lowest BCUT2D eigenvalue weighted by molar-refractivity contribution is 0.427. The predicted octanol–water partition coefficient (Wildman–Crippen LogP) is 4.16. The first kappa shape index (κ1) is 16.1. The van der Waals surface area contributed by atoms with Gasteiger partial charge in [0.15, 0.2) is 11.6 Å². The van der Waals surface area contributed by atoms with Crippen molar-refractivity contribution in [3.05, 3.63) is 72.0 Å². The SMILES string of the molecule is Cc1cnc(CN[C@@H](C)c2ccc(Oc3cccnc3)c(F)c2)o1. The molecule has 2 aromatic heterocycles. The Bertz CT molecular complexity index is 805. The lowest BCUT2D eigenvalue weighted by Gasteiger charge is -2.14. The van der Waals surface area contributed by atoms with Crippen LogP contribution in [0.2, 0.25) is 0 Å². The fourth-order valence-corrected chi connectivity index (χ4v) is 2.25. The van der Waals surface area contributed by atoms with Crippen LogP contribution >= 0.6 is 0 Å². The van der Waals surface area contributed by atoms with Gasteiger partial charge in [0.25, 0.3) is 0 Å². The number of hydrogen-bond donors (Lipinski definition) is 1. The summed E-state index contributed by atoms with van der Waals surface area (Å²) in [6, 6.07) is 8.31. The van der Waals surface area contributed by atoms with Gasteiger partial charge < -0.3 is 14.5 Å². The zero-order valence-electron chi connectivity index (χ0n) is 13.5. The molecule has 0 aliphatic rings. The Morgan fingerprint density at radius 1 is 1.29 bits per heavy atom. The third kappa shape index (κ3) is 3.97. The molecule has 0 bridgehead atoms. The van der Waals surface area contributed by atoms with Crippen LogP contribution in [0.15, 0.2) is 53.3 Å². The fraction of sp³-hybridized carbons (Fsp3) is 0.222. The molecule has 0 radical (unpaired) electrons. The van der Waals surface area contributed by atoms with Crippen LogP contribution in [0, 0.1) is 12.7 Å². The van der Waals surface area contributed by atoms with Gasteiger partial charge in [0.1, 0.15) is 11.5 Å². The second-order valence-electron chi connectivity index (χ2n) is 5.45. The van der Waals surface area contributed by atoms with Crippen LogP contribution in [0.4, 0.5) is 4.39 Å². The van der Waals surface area contributed by atoms with Gasteiger partial charge in [-0.2, -0.15) is 0 Å². The van der Waals surface area contributed by atoms with Crippen molar-refractivity contribution in [2.24, 2.45) is 0 Å². The number of ether oxygens (including phenoxy) is 1. The third-order valence-electron chi connectivity index (χ3n) is 3.55. The molecule has 5 nitrogen and oxygen atoms in total. The van der Waals surface area contributed by atoms with Gasteiger partial charge in [0.05, 0.1) is 18.9 Å². The van der Waals surface area contributed by atoms with Crippen molar-refractivity contribution in [3.63, 3.8) is 0 Å². The molecule has 0 fully saturated rings. The van der Waals surface area contributed by atoms with Crippen LogP contribution in [0.3, 0.4) is 0 Å². The van der Waals surface area contributed by atoms with Crippen molar-refractivity contribution >= 4 is 0 Å². The third-order valence-corrected chi connectivity index (χ3v) is 3.55. The highest BCUT2D eigenvalue weighted by atomic mass is 19.1. The van der Waals surface area contributed by atoms with Crippen LogP contribution in [0.5, 0.6) is 11.5 Å². The number of nitrogens with zero attached hydrogens (tertiary/aromatic N) is 2. The molecule has 1 N–H and O–H groups in total. The fourth-order valence-electron chi connectivity index (χ4n) is 2.25. The average molecular weight is 327 g/mol. The highest BCUT2D eigenvalue weighted by molar-refractivity contribution is 5.34. The van der Waals surface area contributed by atoms with Crippen LogP contribution in [-0.4, -0.2) is 9.97 Å². The van der Waals surface area contributed by atoms with Crippen molar-refractivity contribution in [1.82, 2.24) is 15.3 Å². The van der Waals surface area contributed by atoms with Gasteiger partial charge in [-0.25, -0.2) is 9.37 Å². The molecule has 0 saturated carbocycles. The molecule has 0 amide bonds. The maximum atomic E-state index is 14.3. The Morgan fingerprint density at radius 3 is 2.83 bits per heavy atom. The number of rotatable bonds is 6. The molecular formula is C18H18FN3O2. The summed E-state index contributed by atoms with van der Waals surface area (Å²) in [5.74, 6) is 1.62. The molecule has 24 heavy (non-hydrogen) atoms. The molecule has 0 saturated heterocycles. The van der Waals surface area contributed by atoms with Gasteiger partial charge in [-0.1, -0.05) is 6.07 Å². The second kappa shape index (κ2) is 7.23. The summed E-state index contributed by atoms with van der Waals surface area (Å²) < 4.78 is 25.2. The summed E-state index contributed by atoms with van der Waals surface area (Å²) in [5, 5.41) is 3.25. The summed E-state index contributed by atoms with van der Waals surface area (Å²) in [7, 11) is 0. The second-order valence-corrected chi connectivity index (χ2v) is 5.45. The molecule has 1 aromatic carbocycles. The van der Waals surface area contributed by atoms with E-state index < -0.39 is 5.82 Å². The number of benzene rings is 1. The molecule has 124 valence electrons. The van der Waals surface area contributed by atoms with Crippen LogP contribution in [-0.2, 0) is 6.54 Å². The van der Waals surface area contributed by atoms with E-state index in [0.29, 0.717) is 18.2 Å². The topological polar surface area (TPSA) is 60.2 Å². The van der Waals surface area contributed by atoms with E-state index in [1.807, 2.05) is 19.9 Å². The first-order valence-electron chi connectivity index (χ1n) is 7.64. The van der Waals surface area contributed by atoms with Gasteiger partial charge >= 0.3 is 0 Å². The molecule has 3 aromatic rings. The van der Waals surface area contributed by atoms with E-state index in [1.165, 1.54) is 12.3 Å². The van der Waals surface area contributed by atoms with Crippen LogP contribution < -0.4 is 10.1 Å². The van der Waals surface area contributed by atoms with E-state index in [4.69, 9.17) is 9.15 Å². The number of hydrogen-bond acceptors (Lipinski definition) is 5. The highest BCUT2D eigenvalue weighted by Gasteiger charge is 2.11. The number of pyridine rings is 1. The first-order valence-corrected chi connectivity index (χ1v) is 7.64. The van der Waals surface area contributed by atoms with Gasteiger partial charge in [-0.3, -0.25) is 4.98 Å². The van der Waals surface area contributed by atoms with E-state index in [1.54, 1.807) is 30.6 Å². The minimum Gasteiger partial charge on any atom is -0.453 e. The molecule has 0 aliphatic heterocycles. The first-order chi connectivity index (χ1) is 11.6. The van der Waals surface area contributed by atoms with Crippen molar-refractivity contribution in [3.8, 4) is 11.5 Å². The highest BCUT2D eigenvalue weighted by Crippen LogP contribution is 2.26. The zero-order chi connectivity index (χ0) is 16.9. The Kier molecular flexibility index (Phi) is 4.86.